The first-order chi connectivity index (χ1) is 9.11. The Balaban J connectivity index is 2.46. The van der Waals surface area contributed by atoms with Gasteiger partial charge in [-0.2, -0.15) is 0 Å². The number of aromatic carboxylic acids is 1. The van der Waals surface area contributed by atoms with Crippen LogP contribution in [0, 0.1) is 0 Å². The summed E-state index contributed by atoms with van der Waals surface area (Å²) in [5, 5.41) is 10.3. The Bertz CT molecular complexity index is 614. The highest BCUT2D eigenvalue weighted by molar-refractivity contribution is 6.31. The van der Waals surface area contributed by atoms with Gasteiger partial charge in [0.1, 0.15) is 5.82 Å². The van der Waals surface area contributed by atoms with E-state index in [9.17, 15) is 9.90 Å². The van der Waals surface area contributed by atoms with Crippen LogP contribution in [-0.2, 0) is 6.42 Å². The number of carbonyl (C=O) groups is 1. The molecular weight excluding hydrogens is 264 g/mol. The summed E-state index contributed by atoms with van der Waals surface area (Å²) in [6, 6.07) is 4.97. The molecule has 0 atom stereocenters. The van der Waals surface area contributed by atoms with Crippen LogP contribution in [0.3, 0.4) is 0 Å². The number of fused-ring (bicyclic) bond motifs is 1. The number of aromatic nitrogens is 2. The summed E-state index contributed by atoms with van der Waals surface area (Å²) in [6.07, 6.45) is 3.84. The maximum Gasteiger partial charge on any atom is 0.355 e. The zero-order valence-corrected chi connectivity index (χ0v) is 11.4. The smallest absolute Gasteiger partial charge is 0.355 e. The summed E-state index contributed by atoms with van der Waals surface area (Å²) in [5.41, 5.74) is 0.638. The highest BCUT2D eigenvalue weighted by atomic mass is 35.5. The van der Waals surface area contributed by atoms with Crippen LogP contribution in [0.25, 0.3) is 10.9 Å². The van der Waals surface area contributed by atoms with Gasteiger partial charge in [0.25, 0.3) is 0 Å². The van der Waals surface area contributed by atoms with Crippen LogP contribution in [0.5, 0.6) is 0 Å². The molecule has 0 amide bonds. The number of halogens is 1. The van der Waals surface area contributed by atoms with Crippen molar-refractivity contribution in [3.8, 4) is 0 Å². The van der Waals surface area contributed by atoms with Gasteiger partial charge in [0.2, 0.25) is 0 Å². The van der Waals surface area contributed by atoms with E-state index in [-0.39, 0.29) is 5.69 Å². The molecule has 19 heavy (non-hydrogen) atoms. The SMILES string of the molecule is CCCCCc1nc(C(=O)O)c2ccc(Cl)cc2n1. The average molecular weight is 279 g/mol. The van der Waals surface area contributed by atoms with Gasteiger partial charge in [-0.3, -0.25) is 0 Å². The van der Waals surface area contributed by atoms with Crippen molar-refractivity contribution in [1.82, 2.24) is 9.97 Å². The molecule has 0 aliphatic carbocycles. The van der Waals surface area contributed by atoms with Gasteiger partial charge in [-0.05, 0) is 24.6 Å². The second-order valence-corrected chi connectivity index (χ2v) is 4.85. The number of carboxylic acids is 1. The molecule has 0 saturated heterocycles. The van der Waals surface area contributed by atoms with Crippen molar-refractivity contribution in [2.75, 3.05) is 0 Å². The molecule has 5 heteroatoms. The number of nitrogens with zero attached hydrogens (tertiary/aromatic N) is 2. The van der Waals surface area contributed by atoms with Crippen molar-refractivity contribution in [2.45, 2.75) is 32.6 Å². The van der Waals surface area contributed by atoms with Crippen molar-refractivity contribution < 1.29 is 9.90 Å². The summed E-state index contributed by atoms with van der Waals surface area (Å²) in [5.74, 6) is -0.466. The number of carboxylic acid groups (broad SMARTS) is 1. The van der Waals surface area contributed by atoms with Gasteiger partial charge in [0.15, 0.2) is 5.69 Å². The Hall–Kier alpha value is -1.68. The predicted molar refractivity (Wildman–Crippen MR) is 74.7 cm³/mol. The molecule has 1 aromatic carbocycles. The van der Waals surface area contributed by atoms with Gasteiger partial charge in [0, 0.05) is 16.8 Å². The highest BCUT2D eigenvalue weighted by Crippen LogP contribution is 2.21. The molecule has 0 bridgehead atoms. The quantitative estimate of drug-likeness (QED) is 0.847. The number of aryl methyl sites for hydroxylation is 1. The van der Waals surface area contributed by atoms with Gasteiger partial charge in [-0.1, -0.05) is 31.4 Å². The van der Waals surface area contributed by atoms with Crippen LogP contribution in [0.2, 0.25) is 5.02 Å². The number of hydrogen-bond acceptors (Lipinski definition) is 3. The fraction of sp³-hybridized carbons (Fsp3) is 0.357. The summed E-state index contributed by atoms with van der Waals surface area (Å²) in [6.45, 7) is 2.11. The second kappa shape index (κ2) is 5.97. The van der Waals surface area contributed by atoms with E-state index < -0.39 is 5.97 Å². The lowest BCUT2D eigenvalue weighted by molar-refractivity contribution is 0.0692. The topological polar surface area (TPSA) is 63.1 Å². The van der Waals surface area contributed by atoms with E-state index in [0.717, 1.165) is 19.3 Å². The van der Waals surface area contributed by atoms with Gasteiger partial charge >= 0.3 is 5.97 Å². The Morgan fingerprint density at radius 1 is 1.32 bits per heavy atom. The summed E-state index contributed by atoms with van der Waals surface area (Å²) < 4.78 is 0. The number of hydrogen-bond donors (Lipinski definition) is 1. The Kier molecular flexibility index (Phi) is 4.32. The van der Waals surface area contributed by atoms with E-state index in [4.69, 9.17) is 11.6 Å². The van der Waals surface area contributed by atoms with Crippen LogP contribution in [-0.4, -0.2) is 21.0 Å². The summed E-state index contributed by atoms with van der Waals surface area (Å²) in [7, 11) is 0. The van der Waals surface area contributed by atoms with Crippen molar-refractivity contribution >= 4 is 28.5 Å². The summed E-state index contributed by atoms with van der Waals surface area (Å²) in [4.78, 5) is 19.8. The minimum Gasteiger partial charge on any atom is -0.476 e. The third-order valence-electron chi connectivity index (χ3n) is 2.91. The number of unbranched alkanes of at least 4 members (excludes halogenated alkanes) is 2. The molecular formula is C14H15ClN2O2. The van der Waals surface area contributed by atoms with Crippen LogP contribution < -0.4 is 0 Å². The van der Waals surface area contributed by atoms with Gasteiger partial charge in [-0.25, -0.2) is 14.8 Å². The predicted octanol–water partition coefficient (Wildman–Crippen LogP) is 3.71. The third-order valence-corrected chi connectivity index (χ3v) is 3.15. The molecule has 0 aliphatic rings. The minimum atomic E-state index is -1.04. The molecule has 0 spiro atoms. The van der Waals surface area contributed by atoms with Crippen molar-refractivity contribution in [3.05, 3.63) is 34.7 Å². The molecule has 1 heterocycles. The van der Waals surface area contributed by atoms with E-state index in [1.807, 2.05) is 0 Å². The largest absolute Gasteiger partial charge is 0.476 e. The molecule has 0 fully saturated rings. The zero-order valence-electron chi connectivity index (χ0n) is 10.7. The van der Waals surface area contributed by atoms with Crippen LogP contribution in [0.1, 0.15) is 42.5 Å². The molecule has 0 radical (unpaired) electrons. The first kappa shape index (κ1) is 13.7. The average Bonchev–Trinajstić information content (AvgIpc) is 2.37. The maximum atomic E-state index is 11.3. The van der Waals surface area contributed by atoms with E-state index in [0.29, 0.717) is 28.2 Å². The van der Waals surface area contributed by atoms with Crippen molar-refractivity contribution in [3.63, 3.8) is 0 Å². The van der Waals surface area contributed by atoms with Crippen molar-refractivity contribution in [2.24, 2.45) is 0 Å². The third kappa shape index (κ3) is 3.20. The Morgan fingerprint density at radius 3 is 2.79 bits per heavy atom. The number of rotatable bonds is 5. The molecule has 0 saturated carbocycles. The molecule has 4 nitrogen and oxygen atoms in total. The van der Waals surface area contributed by atoms with Crippen LogP contribution >= 0.6 is 11.6 Å². The highest BCUT2D eigenvalue weighted by Gasteiger charge is 2.13. The van der Waals surface area contributed by atoms with E-state index in [1.54, 1.807) is 18.2 Å². The summed E-state index contributed by atoms with van der Waals surface area (Å²) >= 11 is 5.92. The molecule has 1 aromatic heterocycles. The normalized spacial score (nSPS) is 10.8. The van der Waals surface area contributed by atoms with Gasteiger partial charge < -0.3 is 5.11 Å². The minimum absolute atomic E-state index is 0.0492. The zero-order chi connectivity index (χ0) is 13.8. The maximum absolute atomic E-state index is 11.3. The van der Waals surface area contributed by atoms with Crippen LogP contribution in [0.4, 0.5) is 0 Å². The fourth-order valence-corrected chi connectivity index (χ4v) is 2.13. The lowest BCUT2D eigenvalue weighted by Crippen LogP contribution is -2.07. The van der Waals surface area contributed by atoms with Gasteiger partial charge in [0.05, 0.1) is 5.52 Å². The van der Waals surface area contributed by atoms with Crippen LogP contribution in [0.15, 0.2) is 18.2 Å². The van der Waals surface area contributed by atoms with Crippen molar-refractivity contribution in [1.29, 1.82) is 0 Å². The molecule has 2 aromatic rings. The first-order valence-electron chi connectivity index (χ1n) is 6.31. The molecule has 0 unspecified atom stereocenters. The second-order valence-electron chi connectivity index (χ2n) is 4.41. The fourth-order valence-electron chi connectivity index (χ4n) is 1.96. The molecule has 100 valence electrons. The van der Waals surface area contributed by atoms with E-state index in [1.165, 1.54) is 0 Å². The number of benzene rings is 1. The Labute approximate surface area is 116 Å². The molecule has 2 rings (SSSR count). The Morgan fingerprint density at radius 2 is 2.11 bits per heavy atom. The van der Waals surface area contributed by atoms with E-state index in [2.05, 4.69) is 16.9 Å². The molecule has 0 aliphatic heterocycles. The first-order valence-corrected chi connectivity index (χ1v) is 6.69. The molecule has 1 N–H and O–H groups in total. The van der Waals surface area contributed by atoms with Gasteiger partial charge in [-0.15, -0.1) is 0 Å². The lowest BCUT2D eigenvalue weighted by atomic mass is 10.1. The lowest BCUT2D eigenvalue weighted by Gasteiger charge is -2.06. The van der Waals surface area contributed by atoms with E-state index >= 15 is 0 Å². The standard InChI is InChI=1S/C14H15ClN2O2/c1-2-3-4-5-12-16-11-8-9(15)6-7-10(11)13(17-12)14(18)19/h6-8H,2-5H2,1H3,(H,18,19). The monoisotopic (exact) mass is 278 g/mol.